The summed E-state index contributed by atoms with van der Waals surface area (Å²) in [7, 11) is 1.87. The van der Waals surface area contributed by atoms with E-state index in [9.17, 15) is 4.79 Å². The molecule has 3 aliphatic carbocycles. The van der Waals surface area contributed by atoms with Gasteiger partial charge >= 0.3 is 5.97 Å². The number of hydrogen-bond acceptors (Lipinski definition) is 3. The predicted molar refractivity (Wildman–Crippen MR) is 153 cm³/mol. The molecule has 0 aromatic heterocycles. The van der Waals surface area contributed by atoms with Crippen LogP contribution >= 0.6 is 0 Å². The molecule has 0 radical (unpaired) electrons. The standard InChI is InChI=1S/C34H52O3/c1-3-4-5-26-18-24-33(25-19-26)37-34(35)31-20-14-29(15-21-31)12-10-27-6-8-28(9-7-27)11-13-30-16-22-32(36-2)23-17-30/h10,12,18-19,24-25,27-32H,3-9,11,13-17,20-23H2,1-2H3/b12-10+. The largest absolute Gasteiger partial charge is 0.426 e. The summed E-state index contributed by atoms with van der Waals surface area (Å²) in [6, 6.07) is 8.11. The molecule has 3 fully saturated rings. The fourth-order valence-electron chi connectivity index (χ4n) is 6.96. The van der Waals surface area contributed by atoms with Crippen molar-refractivity contribution in [1.29, 1.82) is 0 Å². The lowest BCUT2D eigenvalue weighted by atomic mass is 9.76. The summed E-state index contributed by atoms with van der Waals surface area (Å²) in [5, 5.41) is 0. The maximum atomic E-state index is 12.7. The Bertz CT molecular complexity index is 804. The molecule has 0 atom stereocenters. The molecule has 1 aromatic rings. The van der Waals surface area contributed by atoms with Crippen LogP contribution in [-0.4, -0.2) is 19.2 Å². The zero-order valence-electron chi connectivity index (χ0n) is 23.7. The number of ether oxygens (including phenoxy) is 2. The van der Waals surface area contributed by atoms with Gasteiger partial charge < -0.3 is 9.47 Å². The van der Waals surface area contributed by atoms with Gasteiger partial charge in [0, 0.05) is 7.11 Å². The van der Waals surface area contributed by atoms with Gasteiger partial charge in [-0.15, -0.1) is 0 Å². The van der Waals surface area contributed by atoms with Gasteiger partial charge in [0.2, 0.25) is 0 Å². The Balaban J connectivity index is 1.09. The Morgan fingerprint density at radius 3 is 1.86 bits per heavy atom. The number of hydrogen-bond donors (Lipinski definition) is 0. The third kappa shape index (κ3) is 9.27. The van der Waals surface area contributed by atoms with Crippen molar-refractivity contribution in [2.24, 2.45) is 29.6 Å². The topological polar surface area (TPSA) is 35.5 Å². The number of aryl methyl sites for hydroxylation is 1. The molecule has 4 rings (SSSR count). The summed E-state index contributed by atoms with van der Waals surface area (Å²) in [4.78, 5) is 12.7. The predicted octanol–water partition coefficient (Wildman–Crippen LogP) is 9.09. The summed E-state index contributed by atoms with van der Waals surface area (Å²) in [5.41, 5.74) is 1.32. The van der Waals surface area contributed by atoms with Crippen molar-refractivity contribution < 1.29 is 14.3 Å². The maximum Gasteiger partial charge on any atom is 0.314 e. The Morgan fingerprint density at radius 1 is 0.784 bits per heavy atom. The van der Waals surface area contributed by atoms with Gasteiger partial charge in [0.15, 0.2) is 0 Å². The Hall–Kier alpha value is -1.61. The number of carbonyl (C=O) groups is 1. The molecule has 0 unspecified atom stereocenters. The van der Waals surface area contributed by atoms with Crippen LogP contribution in [0.2, 0.25) is 0 Å². The monoisotopic (exact) mass is 508 g/mol. The number of methoxy groups -OCH3 is 1. The third-order valence-electron chi connectivity index (χ3n) is 9.72. The van der Waals surface area contributed by atoms with E-state index in [1.54, 1.807) is 0 Å². The average Bonchev–Trinajstić information content (AvgIpc) is 2.95. The number of unbranched alkanes of at least 4 members (excludes halogenated alkanes) is 1. The van der Waals surface area contributed by atoms with Crippen molar-refractivity contribution in [1.82, 2.24) is 0 Å². The quantitative estimate of drug-likeness (QED) is 0.170. The lowest BCUT2D eigenvalue weighted by molar-refractivity contribution is -0.140. The Labute approximate surface area is 226 Å². The highest BCUT2D eigenvalue weighted by atomic mass is 16.5. The zero-order chi connectivity index (χ0) is 25.9. The molecule has 0 heterocycles. The van der Waals surface area contributed by atoms with Crippen LogP contribution < -0.4 is 4.74 Å². The van der Waals surface area contributed by atoms with Gasteiger partial charge in [0.1, 0.15) is 5.75 Å². The van der Waals surface area contributed by atoms with Crippen LogP contribution in [0.5, 0.6) is 5.75 Å². The van der Waals surface area contributed by atoms with E-state index in [2.05, 4.69) is 31.2 Å². The molecule has 3 saturated carbocycles. The van der Waals surface area contributed by atoms with Crippen molar-refractivity contribution in [3.63, 3.8) is 0 Å². The van der Waals surface area contributed by atoms with Crippen LogP contribution in [0.4, 0.5) is 0 Å². The van der Waals surface area contributed by atoms with Crippen molar-refractivity contribution in [2.75, 3.05) is 7.11 Å². The number of esters is 1. The summed E-state index contributed by atoms with van der Waals surface area (Å²) >= 11 is 0. The molecule has 1 aromatic carbocycles. The van der Waals surface area contributed by atoms with Crippen molar-refractivity contribution in [3.05, 3.63) is 42.0 Å². The maximum absolute atomic E-state index is 12.7. The van der Waals surface area contributed by atoms with E-state index in [0.29, 0.717) is 17.8 Å². The van der Waals surface area contributed by atoms with E-state index < -0.39 is 0 Å². The van der Waals surface area contributed by atoms with Crippen molar-refractivity contribution >= 4 is 5.97 Å². The lowest BCUT2D eigenvalue weighted by Gasteiger charge is -2.31. The zero-order valence-corrected chi connectivity index (χ0v) is 23.7. The molecule has 0 spiro atoms. The highest BCUT2D eigenvalue weighted by Crippen LogP contribution is 2.37. The van der Waals surface area contributed by atoms with Gasteiger partial charge in [-0.1, -0.05) is 50.5 Å². The van der Waals surface area contributed by atoms with E-state index in [0.717, 1.165) is 49.9 Å². The van der Waals surface area contributed by atoms with Crippen LogP contribution in [-0.2, 0) is 16.0 Å². The minimum atomic E-state index is -0.0335. The number of benzene rings is 1. The minimum absolute atomic E-state index is 0.0335. The average molecular weight is 509 g/mol. The van der Waals surface area contributed by atoms with E-state index >= 15 is 0 Å². The second kappa shape index (κ2) is 15.1. The lowest BCUT2D eigenvalue weighted by Crippen LogP contribution is -2.25. The summed E-state index contributed by atoms with van der Waals surface area (Å²) < 4.78 is 11.3. The first-order valence-corrected chi connectivity index (χ1v) is 15.6. The van der Waals surface area contributed by atoms with Gasteiger partial charge in [-0.25, -0.2) is 0 Å². The molecular weight excluding hydrogens is 456 g/mol. The molecule has 3 nitrogen and oxygen atoms in total. The second-order valence-corrected chi connectivity index (χ2v) is 12.4. The summed E-state index contributed by atoms with van der Waals surface area (Å²) in [6.07, 6.45) is 27.0. The van der Waals surface area contributed by atoms with Crippen molar-refractivity contribution in [2.45, 2.75) is 122 Å². The van der Waals surface area contributed by atoms with Crippen LogP contribution in [0.1, 0.15) is 115 Å². The smallest absolute Gasteiger partial charge is 0.314 e. The van der Waals surface area contributed by atoms with Crippen LogP contribution in [0.15, 0.2) is 36.4 Å². The van der Waals surface area contributed by atoms with Gasteiger partial charge in [-0.3, -0.25) is 4.79 Å². The Kier molecular flexibility index (Phi) is 11.6. The molecule has 206 valence electrons. The van der Waals surface area contributed by atoms with E-state index in [1.165, 1.54) is 82.6 Å². The Morgan fingerprint density at radius 2 is 1.32 bits per heavy atom. The molecule has 0 aliphatic heterocycles. The molecule has 3 aliphatic rings. The minimum Gasteiger partial charge on any atom is -0.426 e. The first-order chi connectivity index (χ1) is 18.1. The molecular formula is C34H52O3. The van der Waals surface area contributed by atoms with Gasteiger partial charge in [-0.05, 0) is 131 Å². The first-order valence-electron chi connectivity index (χ1n) is 15.6. The highest BCUT2D eigenvalue weighted by molar-refractivity contribution is 5.75. The van der Waals surface area contributed by atoms with Gasteiger partial charge in [0.25, 0.3) is 0 Å². The van der Waals surface area contributed by atoms with E-state index in [4.69, 9.17) is 9.47 Å². The van der Waals surface area contributed by atoms with Gasteiger partial charge in [0.05, 0.1) is 12.0 Å². The van der Waals surface area contributed by atoms with Gasteiger partial charge in [-0.2, -0.15) is 0 Å². The van der Waals surface area contributed by atoms with Crippen LogP contribution in [0, 0.1) is 29.6 Å². The fraction of sp³-hybridized carbons (Fsp3) is 0.735. The normalized spacial score (nSPS) is 30.9. The van der Waals surface area contributed by atoms with E-state index in [-0.39, 0.29) is 11.9 Å². The molecule has 0 amide bonds. The molecule has 0 N–H and O–H groups in total. The summed E-state index contributed by atoms with van der Waals surface area (Å²) in [5.74, 6) is 4.05. The van der Waals surface area contributed by atoms with Crippen LogP contribution in [0.3, 0.4) is 0 Å². The van der Waals surface area contributed by atoms with Crippen molar-refractivity contribution in [3.8, 4) is 5.75 Å². The summed E-state index contributed by atoms with van der Waals surface area (Å²) in [6.45, 7) is 2.21. The number of allylic oxidation sites excluding steroid dienone is 2. The van der Waals surface area contributed by atoms with E-state index in [1.807, 2.05) is 19.2 Å². The fourth-order valence-corrected chi connectivity index (χ4v) is 6.96. The SMILES string of the molecule is CCCCc1ccc(OC(=O)C2CCC(/C=C/C3CCC(CCC4CCC(OC)CC4)CC3)CC2)cc1. The highest BCUT2D eigenvalue weighted by Gasteiger charge is 2.28. The molecule has 0 saturated heterocycles. The molecule has 0 bridgehead atoms. The second-order valence-electron chi connectivity index (χ2n) is 12.4. The molecule has 37 heavy (non-hydrogen) atoms. The third-order valence-corrected chi connectivity index (χ3v) is 9.72. The number of carbonyl (C=O) groups excluding carboxylic acids is 1. The molecule has 3 heteroatoms. The first kappa shape index (κ1) is 28.4. The van der Waals surface area contributed by atoms with Crippen LogP contribution in [0.25, 0.3) is 0 Å². The number of rotatable bonds is 11.